The molecule has 6 heteroatoms. The lowest BCUT2D eigenvalue weighted by Gasteiger charge is -2.59. The molecule has 1 aliphatic carbocycles. The van der Waals surface area contributed by atoms with Crippen LogP contribution in [0.4, 0.5) is 0 Å². The Morgan fingerprint density at radius 1 is 1.29 bits per heavy atom. The van der Waals surface area contributed by atoms with Crippen LogP contribution >= 0.6 is 0 Å². The maximum absolute atomic E-state index is 5.68. The Morgan fingerprint density at radius 3 is 2.71 bits per heavy atom. The number of methoxy groups -OCH3 is 1. The molecular weight excluding hydrogens is 306 g/mol. The number of hydrogen-bond acceptors (Lipinski definition) is 4. The van der Waals surface area contributed by atoms with Crippen molar-refractivity contribution >= 4 is 5.96 Å². The van der Waals surface area contributed by atoms with Crippen molar-refractivity contribution in [2.45, 2.75) is 45.4 Å². The zero-order valence-corrected chi connectivity index (χ0v) is 15.1. The first-order valence-electron chi connectivity index (χ1n) is 8.30. The number of rotatable bonds is 4. The van der Waals surface area contributed by atoms with Gasteiger partial charge in [-0.3, -0.25) is 4.99 Å². The Hall–Kier alpha value is -1.95. The van der Waals surface area contributed by atoms with Gasteiger partial charge in [0, 0.05) is 32.2 Å². The van der Waals surface area contributed by atoms with Crippen molar-refractivity contribution in [2.75, 3.05) is 21.0 Å². The monoisotopic (exact) mass is 333 g/mol. The van der Waals surface area contributed by atoms with Crippen molar-refractivity contribution < 1.29 is 14.2 Å². The molecule has 6 nitrogen and oxygen atoms in total. The zero-order valence-electron chi connectivity index (χ0n) is 15.1. The summed E-state index contributed by atoms with van der Waals surface area (Å²) in [6, 6.07) is 6.29. The summed E-state index contributed by atoms with van der Waals surface area (Å²) in [5.74, 6) is 2.40. The lowest BCUT2D eigenvalue weighted by atomic mass is 9.56. The number of hydrogen-bond donors (Lipinski definition) is 2. The smallest absolute Gasteiger partial charge is 0.231 e. The average molecular weight is 333 g/mol. The average Bonchev–Trinajstić information content (AvgIpc) is 3.04. The summed E-state index contributed by atoms with van der Waals surface area (Å²) in [7, 11) is 3.57. The van der Waals surface area contributed by atoms with Gasteiger partial charge in [-0.2, -0.15) is 0 Å². The van der Waals surface area contributed by atoms with Crippen LogP contribution in [-0.2, 0) is 11.3 Å². The molecule has 0 amide bonds. The highest BCUT2D eigenvalue weighted by molar-refractivity contribution is 5.80. The van der Waals surface area contributed by atoms with Crippen molar-refractivity contribution in [1.82, 2.24) is 10.6 Å². The molecule has 0 bridgehead atoms. The van der Waals surface area contributed by atoms with Crippen LogP contribution in [0, 0.1) is 5.41 Å². The fourth-order valence-electron chi connectivity index (χ4n) is 3.32. The first kappa shape index (κ1) is 16.9. The van der Waals surface area contributed by atoms with E-state index in [1.165, 1.54) is 0 Å². The molecule has 132 valence electrons. The fraction of sp³-hybridized carbons (Fsp3) is 0.611. The number of benzene rings is 1. The number of fused-ring (bicyclic) bond motifs is 1. The lowest BCUT2D eigenvalue weighted by molar-refractivity contribution is -0.176. The normalized spacial score (nSPS) is 27.5. The van der Waals surface area contributed by atoms with Crippen LogP contribution in [0.5, 0.6) is 11.5 Å². The Kier molecular flexibility index (Phi) is 4.34. The van der Waals surface area contributed by atoms with Gasteiger partial charge in [-0.15, -0.1) is 0 Å². The summed E-state index contributed by atoms with van der Waals surface area (Å²) >= 11 is 0. The topological polar surface area (TPSA) is 64.1 Å². The van der Waals surface area contributed by atoms with Crippen LogP contribution in [0.15, 0.2) is 23.2 Å². The lowest BCUT2D eigenvalue weighted by Crippen LogP contribution is -2.69. The van der Waals surface area contributed by atoms with Crippen LogP contribution in [0.3, 0.4) is 0 Å². The van der Waals surface area contributed by atoms with E-state index >= 15 is 0 Å². The van der Waals surface area contributed by atoms with Gasteiger partial charge >= 0.3 is 0 Å². The highest BCUT2D eigenvalue weighted by atomic mass is 16.7. The summed E-state index contributed by atoms with van der Waals surface area (Å²) in [5.41, 5.74) is 1.07. The largest absolute Gasteiger partial charge is 0.454 e. The van der Waals surface area contributed by atoms with Crippen molar-refractivity contribution in [1.29, 1.82) is 0 Å². The maximum Gasteiger partial charge on any atom is 0.231 e. The molecule has 2 atom stereocenters. The quantitative estimate of drug-likeness (QED) is 0.654. The number of nitrogens with zero attached hydrogens (tertiary/aromatic N) is 1. The molecule has 2 N–H and O–H groups in total. The van der Waals surface area contributed by atoms with E-state index in [9.17, 15) is 0 Å². The minimum atomic E-state index is -0.0964. The molecule has 1 aromatic rings. The van der Waals surface area contributed by atoms with Crippen LogP contribution in [0.1, 0.15) is 32.8 Å². The van der Waals surface area contributed by atoms with Gasteiger partial charge in [0.15, 0.2) is 17.5 Å². The standard InChI is InChI=1S/C18H27N3O3/c1-17(2)15(9-18(17,3)22-5)21-16(19-4)20-10-12-6-7-13-14(8-12)24-11-23-13/h6-8,15H,9-11H2,1-5H3,(H2,19,20,21). The summed E-state index contributed by atoms with van der Waals surface area (Å²) in [6.45, 7) is 7.58. The molecule has 2 aliphatic rings. The third-order valence-corrected chi connectivity index (χ3v) is 5.71. The van der Waals surface area contributed by atoms with E-state index in [4.69, 9.17) is 14.2 Å². The Balaban J connectivity index is 1.57. The summed E-state index contributed by atoms with van der Waals surface area (Å²) in [6.07, 6.45) is 0.960. The second-order valence-corrected chi connectivity index (χ2v) is 7.17. The molecule has 3 rings (SSSR count). The first-order valence-corrected chi connectivity index (χ1v) is 8.30. The summed E-state index contributed by atoms with van der Waals surface area (Å²) in [5, 5.41) is 6.87. The van der Waals surface area contributed by atoms with Gasteiger partial charge in [-0.1, -0.05) is 19.9 Å². The van der Waals surface area contributed by atoms with Gasteiger partial charge in [0.25, 0.3) is 0 Å². The zero-order chi connectivity index (χ0) is 17.4. The fourth-order valence-corrected chi connectivity index (χ4v) is 3.32. The van der Waals surface area contributed by atoms with Crippen LogP contribution in [-0.4, -0.2) is 38.6 Å². The number of guanidine groups is 1. The minimum absolute atomic E-state index is 0.0398. The molecule has 1 aliphatic heterocycles. The van der Waals surface area contributed by atoms with Crippen molar-refractivity contribution in [3.63, 3.8) is 0 Å². The van der Waals surface area contributed by atoms with E-state index in [2.05, 4.69) is 36.4 Å². The van der Waals surface area contributed by atoms with Gasteiger partial charge < -0.3 is 24.8 Å². The maximum atomic E-state index is 5.68. The molecule has 1 aromatic carbocycles. The molecule has 0 aromatic heterocycles. The van der Waals surface area contributed by atoms with Gasteiger partial charge in [0.05, 0.1) is 5.60 Å². The third kappa shape index (κ3) is 2.79. The molecule has 24 heavy (non-hydrogen) atoms. The van der Waals surface area contributed by atoms with E-state index in [1.807, 2.05) is 18.2 Å². The van der Waals surface area contributed by atoms with Gasteiger partial charge in [-0.25, -0.2) is 0 Å². The highest BCUT2D eigenvalue weighted by Gasteiger charge is 2.58. The van der Waals surface area contributed by atoms with E-state index in [1.54, 1.807) is 14.2 Å². The molecule has 0 saturated heterocycles. The second kappa shape index (κ2) is 6.16. The predicted octanol–water partition coefficient (Wildman–Crippen LogP) is 2.28. The molecular formula is C18H27N3O3. The van der Waals surface area contributed by atoms with Crippen LogP contribution in [0.25, 0.3) is 0 Å². The van der Waals surface area contributed by atoms with Crippen molar-refractivity contribution in [2.24, 2.45) is 10.4 Å². The first-order chi connectivity index (χ1) is 11.4. The van der Waals surface area contributed by atoms with Crippen molar-refractivity contribution in [3.05, 3.63) is 23.8 Å². The molecule has 0 radical (unpaired) electrons. The van der Waals surface area contributed by atoms with Gasteiger partial charge in [0.1, 0.15) is 0 Å². The predicted molar refractivity (Wildman–Crippen MR) is 93.5 cm³/mol. The molecule has 1 fully saturated rings. The van der Waals surface area contributed by atoms with E-state index in [-0.39, 0.29) is 11.0 Å². The Morgan fingerprint density at radius 2 is 2.04 bits per heavy atom. The van der Waals surface area contributed by atoms with Gasteiger partial charge in [-0.05, 0) is 31.0 Å². The highest BCUT2D eigenvalue weighted by Crippen LogP contribution is 2.51. The number of aliphatic imine (C=N–C) groups is 1. The van der Waals surface area contributed by atoms with E-state index in [0.717, 1.165) is 29.4 Å². The van der Waals surface area contributed by atoms with Crippen LogP contribution in [0.2, 0.25) is 0 Å². The van der Waals surface area contributed by atoms with Crippen LogP contribution < -0.4 is 20.1 Å². The Bertz CT molecular complexity index is 644. The SMILES string of the molecule is CN=C(NCc1ccc2c(c1)OCO2)NC1CC(C)(OC)C1(C)C. The summed E-state index contributed by atoms with van der Waals surface area (Å²) in [4.78, 5) is 4.33. The molecule has 1 heterocycles. The molecule has 2 unspecified atom stereocenters. The number of nitrogens with one attached hydrogen (secondary N) is 2. The number of ether oxygens (including phenoxy) is 3. The molecule has 0 spiro atoms. The minimum Gasteiger partial charge on any atom is -0.454 e. The van der Waals surface area contributed by atoms with Gasteiger partial charge in [0.2, 0.25) is 6.79 Å². The molecule has 1 saturated carbocycles. The summed E-state index contributed by atoms with van der Waals surface area (Å²) < 4.78 is 16.4. The second-order valence-electron chi connectivity index (χ2n) is 7.17. The van der Waals surface area contributed by atoms with E-state index in [0.29, 0.717) is 19.4 Å². The third-order valence-electron chi connectivity index (χ3n) is 5.71. The Labute approximate surface area is 143 Å². The van der Waals surface area contributed by atoms with Crippen molar-refractivity contribution in [3.8, 4) is 11.5 Å². The van der Waals surface area contributed by atoms with E-state index < -0.39 is 0 Å².